The van der Waals surface area contributed by atoms with Crippen molar-refractivity contribution in [2.45, 2.75) is 13.1 Å². The second-order valence-corrected chi connectivity index (χ2v) is 6.10. The largest absolute Gasteiger partial charge is 0.366 e. The summed E-state index contributed by atoms with van der Waals surface area (Å²) in [5, 5.41) is 0. The Morgan fingerprint density at radius 2 is 1.20 bits per heavy atom. The standard InChI is InChI=1S/C19H23N3O.2ClH/c20-19(23)18-8-6-17(7-9-18)15-22-12-10-21(11-13-22)14-16-4-2-1-3-5-16;;/h1-9H,10-15H2,(H2,20,23);2*1H. The van der Waals surface area contributed by atoms with E-state index in [-0.39, 0.29) is 30.7 Å². The minimum atomic E-state index is -0.369. The Morgan fingerprint density at radius 1 is 0.760 bits per heavy atom. The normalized spacial score (nSPS) is 15.0. The minimum absolute atomic E-state index is 0. The van der Waals surface area contributed by atoms with Gasteiger partial charge in [-0.05, 0) is 23.3 Å². The molecule has 0 aliphatic carbocycles. The first-order valence-corrected chi connectivity index (χ1v) is 8.08. The topological polar surface area (TPSA) is 49.6 Å². The van der Waals surface area contributed by atoms with Gasteiger partial charge in [0, 0.05) is 44.8 Å². The number of amides is 1. The molecular formula is C19H25Cl2N3O. The van der Waals surface area contributed by atoms with E-state index in [9.17, 15) is 4.79 Å². The summed E-state index contributed by atoms with van der Waals surface area (Å²) < 4.78 is 0. The molecular weight excluding hydrogens is 357 g/mol. The van der Waals surface area contributed by atoms with Gasteiger partial charge in [0.1, 0.15) is 0 Å². The highest BCUT2D eigenvalue weighted by molar-refractivity contribution is 5.92. The molecule has 1 aliphatic rings. The number of benzene rings is 2. The van der Waals surface area contributed by atoms with Crippen molar-refractivity contribution in [1.29, 1.82) is 0 Å². The summed E-state index contributed by atoms with van der Waals surface area (Å²) in [5.74, 6) is -0.369. The minimum Gasteiger partial charge on any atom is -0.366 e. The molecule has 0 radical (unpaired) electrons. The molecule has 1 saturated heterocycles. The van der Waals surface area contributed by atoms with Crippen LogP contribution < -0.4 is 5.73 Å². The van der Waals surface area contributed by atoms with Crippen molar-refractivity contribution < 1.29 is 4.79 Å². The van der Waals surface area contributed by atoms with E-state index in [4.69, 9.17) is 5.73 Å². The van der Waals surface area contributed by atoms with Gasteiger partial charge in [-0.2, -0.15) is 0 Å². The average Bonchev–Trinajstić information content (AvgIpc) is 2.58. The maximum absolute atomic E-state index is 11.1. The van der Waals surface area contributed by atoms with E-state index >= 15 is 0 Å². The number of rotatable bonds is 5. The lowest BCUT2D eigenvalue weighted by atomic mass is 10.1. The van der Waals surface area contributed by atoms with Crippen molar-refractivity contribution in [1.82, 2.24) is 9.80 Å². The lowest BCUT2D eigenvalue weighted by Crippen LogP contribution is -2.45. The molecule has 2 N–H and O–H groups in total. The summed E-state index contributed by atoms with van der Waals surface area (Å²) in [7, 11) is 0. The summed E-state index contributed by atoms with van der Waals surface area (Å²) in [6, 6.07) is 18.2. The molecule has 0 unspecified atom stereocenters. The van der Waals surface area contributed by atoms with E-state index in [1.54, 1.807) is 0 Å². The van der Waals surface area contributed by atoms with Crippen molar-refractivity contribution in [3.05, 3.63) is 71.3 Å². The van der Waals surface area contributed by atoms with E-state index in [0.29, 0.717) is 5.56 Å². The van der Waals surface area contributed by atoms with Crippen molar-refractivity contribution >= 4 is 30.7 Å². The molecule has 0 spiro atoms. The first-order chi connectivity index (χ1) is 11.2. The number of carbonyl (C=O) groups excluding carboxylic acids is 1. The van der Waals surface area contributed by atoms with Gasteiger partial charge in [-0.25, -0.2) is 0 Å². The van der Waals surface area contributed by atoms with E-state index in [0.717, 1.165) is 39.3 Å². The number of piperazine rings is 1. The van der Waals surface area contributed by atoms with Gasteiger partial charge < -0.3 is 5.73 Å². The third-order valence-corrected chi connectivity index (χ3v) is 4.36. The molecule has 2 aromatic carbocycles. The van der Waals surface area contributed by atoms with E-state index in [2.05, 4.69) is 40.1 Å². The highest BCUT2D eigenvalue weighted by Crippen LogP contribution is 2.12. The van der Waals surface area contributed by atoms with Crippen LogP contribution in [0.2, 0.25) is 0 Å². The van der Waals surface area contributed by atoms with Crippen LogP contribution in [-0.2, 0) is 13.1 Å². The van der Waals surface area contributed by atoms with Gasteiger partial charge in [-0.15, -0.1) is 24.8 Å². The van der Waals surface area contributed by atoms with Crippen molar-refractivity contribution in [2.24, 2.45) is 5.73 Å². The van der Waals surface area contributed by atoms with Crippen LogP contribution in [0, 0.1) is 0 Å². The molecule has 1 amide bonds. The van der Waals surface area contributed by atoms with Gasteiger partial charge in [0.2, 0.25) is 5.91 Å². The van der Waals surface area contributed by atoms with Crippen LogP contribution >= 0.6 is 24.8 Å². The van der Waals surface area contributed by atoms with Crippen LogP contribution in [0.15, 0.2) is 54.6 Å². The predicted molar refractivity (Wildman–Crippen MR) is 106 cm³/mol. The number of hydrogen-bond acceptors (Lipinski definition) is 3. The Hall–Kier alpha value is -1.59. The summed E-state index contributed by atoms with van der Waals surface area (Å²) in [6.07, 6.45) is 0. The summed E-state index contributed by atoms with van der Waals surface area (Å²) in [6.45, 7) is 6.29. The fraction of sp³-hybridized carbons (Fsp3) is 0.316. The number of halogens is 2. The van der Waals surface area contributed by atoms with Crippen LogP contribution in [-0.4, -0.2) is 41.9 Å². The van der Waals surface area contributed by atoms with Crippen LogP contribution in [0.4, 0.5) is 0 Å². The van der Waals surface area contributed by atoms with Crippen LogP contribution in [0.3, 0.4) is 0 Å². The van der Waals surface area contributed by atoms with Gasteiger partial charge in [0.25, 0.3) is 0 Å². The fourth-order valence-corrected chi connectivity index (χ4v) is 2.98. The van der Waals surface area contributed by atoms with E-state index in [1.165, 1.54) is 11.1 Å². The zero-order chi connectivity index (χ0) is 16.1. The summed E-state index contributed by atoms with van der Waals surface area (Å²) >= 11 is 0. The molecule has 1 heterocycles. The number of hydrogen-bond donors (Lipinski definition) is 1. The third kappa shape index (κ3) is 6.33. The Labute approximate surface area is 161 Å². The van der Waals surface area contributed by atoms with Crippen molar-refractivity contribution in [3.8, 4) is 0 Å². The van der Waals surface area contributed by atoms with Crippen LogP contribution in [0.1, 0.15) is 21.5 Å². The quantitative estimate of drug-likeness (QED) is 0.865. The fourth-order valence-electron chi connectivity index (χ4n) is 2.98. The second-order valence-electron chi connectivity index (χ2n) is 6.10. The molecule has 25 heavy (non-hydrogen) atoms. The lowest BCUT2D eigenvalue weighted by molar-refractivity contribution is 0.1000. The highest BCUT2D eigenvalue weighted by Gasteiger charge is 2.17. The smallest absolute Gasteiger partial charge is 0.248 e. The molecule has 3 rings (SSSR count). The summed E-state index contributed by atoms with van der Waals surface area (Å²) in [4.78, 5) is 16.1. The Balaban J connectivity index is 0.00000156. The maximum Gasteiger partial charge on any atom is 0.248 e. The Bertz CT molecular complexity index is 641. The molecule has 0 atom stereocenters. The predicted octanol–water partition coefficient (Wildman–Crippen LogP) is 2.95. The first-order valence-electron chi connectivity index (χ1n) is 8.08. The lowest BCUT2D eigenvalue weighted by Gasteiger charge is -2.34. The Kier molecular flexibility index (Phi) is 8.93. The summed E-state index contributed by atoms with van der Waals surface area (Å²) in [5.41, 5.74) is 8.45. The molecule has 0 saturated carbocycles. The molecule has 1 fully saturated rings. The Morgan fingerprint density at radius 3 is 1.64 bits per heavy atom. The third-order valence-electron chi connectivity index (χ3n) is 4.36. The molecule has 6 heteroatoms. The molecule has 0 aromatic heterocycles. The number of primary amides is 1. The number of nitrogens with zero attached hydrogens (tertiary/aromatic N) is 2. The monoisotopic (exact) mass is 381 g/mol. The molecule has 1 aliphatic heterocycles. The van der Waals surface area contributed by atoms with E-state index < -0.39 is 0 Å². The van der Waals surface area contributed by atoms with Gasteiger partial charge in [0.15, 0.2) is 0 Å². The number of carbonyl (C=O) groups is 1. The molecule has 0 bridgehead atoms. The highest BCUT2D eigenvalue weighted by atomic mass is 35.5. The van der Waals surface area contributed by atoms with Crippen LogP contribution in [0.5, 0.6) is 0 Å². The average molecular weight is 382 g/mol. The maximum atomic E-state index is 11.1. The molecule has 4 nitrogen and oxygen atoms in total. The van der Waals surface area contributed by atoms with Gasteiger partial charge >= 0.3 is 0 Å². The SMILES string of the molecule is Cl.Cl.NC(=O)c1ccc(CN2CCN(Cc3ccccc3)CC2)cc1. The first kappa shape index (κ1) is 21.5. The number of nitrogens with two attached hydrogens (primary N) is 1. The zero-order valence-electron chi connectivity index (χ0n) is 14.1. The van der Waals surface area contributed by atoms with Crippen molar-refractivity contribution in [3.63, 3.8) is 0 Å². The van der Waals surface area contributed by atoms with Gasteiger partial charge in [-0.1, -0.05) is 42.5 Å². The van der Waals surface area contributed by atoms with Crippen molar-refractivity contribution in [2.75, 3.05) is 26.2 Å². The van der Waals surface area contributed by atoms with Gasteiger partial charge in [0.05, 0.1) is 0 Å². The van der Waals surface area contributed by atoms with Gasteiger partial charge in [-0.3, -0.25) is 14.6 Å². The second kappa shape index (κ2) is 10.4. The zero-order valence-corrected chi connectivity index (χ0v) is 15.8. The van der Waals surface area contributed by atoms with Crippen LogP contribution in [0.25, 0.3) is 0 Å². The van der Waals surface area contributed by atoms with E-state index in [1.807, 2.05) is 24.3 Å². The molecule has 136 valence electrons. The molecule has 2 aromatic rings.